The summed E-state index contributed by atoms with van der Waals surface area (Å²) in [6.45, 7) is 5.01. The van der Waals surface area contributed by atoms with Crippen molar-refractivity contribution < 1.29 is 9.53 Å². The summed E-state index contributed by atoms with van der Waals surface area (Å²) in [7, 11) is 0. The summed E-state index contributed by atoms with van der Waals surface area (Å²) >= 11 is 0. The first kappa shape index (κ1) is 11.9. The number of aromatic nitrogens is 1. The molecule has 2 atom stereocenters. The van der Waals surface area contributed by atoms with E-state index in [9.17, 15) is 9.59 Å². The molecule has 1 saturated heterocycles. The number of morpholine rings is 1. The van der Waals surface area contributed by atoms with E-state index in [1.807, 2.05) is 13.8 Å². The smallest absolute Gasteiger partial charge is 0.254 e. The molecule has 1 aromatic heterocycles. The molecular formula is C12H16N2O3. The Kier molecular flexibility index (Phi) is 3.28. The fourth-order valence-electron chi connectivity index (χ4n) is 2.10. The number of hydrogen-bond acceptors (Lipinski definition) is 3. The number of nitrogens with zero attached hydrogens (tertiary/aromatic N) is 1. The lowest BCUT2D eigenvalue weighted by atomic mass is 10.2. The summed E-state index contributed by atoms with van der Waals surface area (Å²) in [5.74, 6) is -0.113. The van der Waals surface area contributed by atoms with Crippen molar-refractivity contribution in [1.82, 2.24) is 9.88 Å². The molecule has 0 unspecified atom stereocenters. The predicted octanol–water partition coefficient (Wildman–Crippen LogP) is 0.624. The van der Waals surface area contributed by atoms with Crippen LogP contribution >= 0.6 is 0 Å². The van der Waals surface area contributed by atoms with Crippen molar-refractivity contribution in [2.75, 3.05) is 13.1 Å². The van der Waals surface area contributed by atoms with Gasteiger partial charge in [-0.3, -0.25) is 9.59 Å². The zero-order valence-corrected chi connectivity index (χ0v) is 9.97. The van der Waals surface area contributed by atoms with Crippen LogP contribution in [0.2, 0.25) is 0 Å². The van der Waals surface area contributed by atoms with E-state index in [0.717, 1.165) is 0 Å². The molecule has 17 heavy (non-hydrogen) atoms. The van der Waals surface area contributed by atoms with Crippen LogP contribution in [0.25, 0.3) is 0 Å². The number of H-pyrrole nitrogens is 1. The molecule has 92 valence electrons. The highest BCUT2D eigenvalue weighted by Crippen LogP contribution is 2.13. The third kappa shape index (κ3) is 2.74. The third-order valence-corrected chi connectivity index (χ3v) is 2.73. The van der Waals surface area contributed by atoms with Crippen LogP contribution in [0.3, 0.4) is 0 Å². The SMILES string of the molecule is C[C@@H]1CN(C(=O)c2cc[nH]c(=O)c2)C[C@H](C)O1. The lowest BCUT2D eigenvalue weighted by Gasteiger charge is -2.35. The number of rotatable bonds is 1. The Hall–Kier alpha value is -1.62. The molecule has 1 fully saturated rings. The number of amides is 1. The number of carbonyl (C=O) groups is 1. The molecule has 0 saturated carbocycles. The molecule has 0 spiro atoms. The second-order valence-corrected chi connectivity index (χ2v) is 4.41. The molecule has 1 aliphatic rings. The van der Waals surface area contributed by atoms with Crippen LogP contribution in [0.5, 0.6) is 0 Å². The molecule has 1 aliphatic heterocycles. The van der Waals surface area contributed by atoms with Crippen LogP contribution in [0, 0.1) is 0 Å². The Morgan fingerprint density at radius 3 is 2.65 bits per heavy atom. The van der Waals surface area contributed by atoms with Crippen LogP contribution in [0.15, 0.2) is 23.1 Å². The number of ether oxygens (including phenoxy) is 1. The number of hydrogen-bond donors (Lipinski definition) is 1. The van der Waals surface area contributed by atoms with Gasteiger partial charge in [-0.05, 0) is 19.9 Å². The monoisotopic (exact) mass is 236 g/mol. The van der Waals surface area contributed by atoms with E-state index in [0.29, 0.717) is 18.7 Å². The normalized spacial score (nSPS) is 24.7. The summed E-state index contributed by atoms with van der Waals surface area (Å²) in [5.41, 5.74) is 0.167. The van der Waals surface area contributed by atoms with Gasteiger partial charge in [-0.25, -0.2) is 0 Å². The van der Waals surface area contributed by atoms with Crippen molar-refractivity contribution in [1.29, 1.82) is 0 Å². The highest BCUT2D eigenvalue weighted by atomic mass is 16.5. The number of carbonyl (C=O) groups excluding carboxylic acids is 1. The van der Waals surface area contributed by atoms with Crippen molar-refractivity contribution in [2.45, 2.75) is 26.1 Å². The van der Waals surface area contributed by atoms with Gasteiger partial charge < -0.3 is 14.6 Å². The van der Waals surface area contributed by atoms with Gasteiger partial charge in [0.15, 0.2) is 0 Å². The molecule has 5 nitrogen and oxygen atoms in total. The van der Waals surface area contributed by atoms with Gasteiger partial charge in [-0.15, -0.1) is 0 Å². The van der Waals surface area contributed by atoms with E-state index in [-0.39, 0.29) is 23.7 Å². The highest BCUT2D eigenvalue weighted by Gasteiger charge is 2.26. The van der Waals surface area contributed by atoms with E-state index in [2.05, 4.69) is 4.98 Å². The molecule has 0 bridgehead atoms. The Morgan fingerprint density at radius 2 is 2.06 bits per heavy atom. The molecule has 0 aliphatic carbocycles. The zero-order valence-electron chi connectivity index (χ0n) is 9.97. The first-order valence-electron chi connectivity index (χ1n) is 5.69. The molecule has 2 rings (SSSR count). The molecule has 0 radical (unpaired) electrons. The van der Waals surface area contributed by atoms with E-state index < -0.39 is 0 Å². The third-order valence-electron chi connectivity index (χ3n) is 2.73. The lowest BCUT2D eigenvalue weighted by Crippen LogP contribution is -2.48. The van der Waals surface area contributed by atoms with Crippen LogP contribution in [0.4, 0.5) is 0 Å². The minimum atomic E-state index is -0.259. The summed E-state index contributed by atoms with van der Waals surface area (Å²) in [6.07, 6.45) is 1.55. The summed E-state index contributed by atoms with van der Waals surface area (Å²) < 4.78 is 5.56. The van der Waals surface area contributed by atoms with Gasteiger partial charge in [0.1, 0.15) is 0 Å². The molecule has 1 amide bonds. The van der Waals surface area contributed by atoms with Gasteiger partial charge in [0.25, 0.3) is 5.91 Å². The highest BCUT2D eigenvalue weighted by molar-refractivity contribution is 5.94. The lowest BCUT2D eigenvalue weighted by molar-refractivity contribution is -0.0586. The molecule has 0 aromatic carbocycles. The van der Waals surface area contributed by atoms with Crippen molar-refractivity contribution in [3.63, 3.8) is 0 Å². The van der Waals surface area contributed by atoms with Crippen molar-refractivity contribution in [3.8, 4) is 0 Å². The number of aromatic amines is 1. The van der Waals surface area contributed by atoms with Crippen LogP contribution in [0.1, 0.15) is 24.2 Å². The van der Waals surface area contributed by atoms with Gasteiger partial charge in [-0.1, -0.05) is 0 Å². The van der Waals surface area contributed by atoms with E-state index in [1.54, 1.807) is 11.0 Å². The van der Waals surface area contributed by atoms with Gasteiger partial charge in [-0.2, -0.15) is 0 Å². The number of nitrogens with one attached hydrogen (secondary N) is 1. The average Bonchev–Trinajstić information content (AvgIpc) is 2.26. The first-order chi connectivity index (χ1) is 8.06. The van der Waals surface area contributed by atoms with Gasteiger partial charge in [0, 0.05) is 30.9 Å². The Morgan fingerprint density at radius 1 is 1.41 bits per heavy atom. The maximum Gasteiger partial charge on any atom is 0.254 e. The molecular weight excluding hydrogens is 220 g/mol. The first-order valence-corrected chi connectivity index (χ1v) is 5.69. The van der Waals surface area contributed by atoms with Crippen molar-refractivity contribution >= 4 is 5.91 Å². The van der Waals surface area contributed by atoms with Crippen molar-refractivity contribution in [3.05, 3.63) is 34.2 Å². The molecule has 2 heterocycles. The molecule has 5 heteroatoms. The second kappa shape index (κ2) is 4.71. The average molecular weight is 236 g/mol. The Labute approximate surface area is 99.4 Å². The van der Waals surface area contributed by atoms with E-state index in [4.69, 9.17) is 4.74 Å². The standard InChI is InChI=1S/C12H16N2O3/c1-8-6-14(7-9(2)17-8)12(16)10-3-4-13-11(15)5-10/h3-5,8-9H,6-7H2,1-2H3,(H,13,15)/t8-,9+. The predicted molar refractivity (Wildman–Crippen MR) is 63.0 cm³/mol. The van der Waals surface area contributed by atoms with Crippen LogP contribution in [-0.4, -0.2) is 41.1 Å². The maximum atomic E-state index is 12.2. The van der Waals surface area contributed by atoms with Crippen LogP contribution in [-0.2, 0) is 4.74 Å². The summed E-state index contributed by atoms with van der Waals surface area (Å²) in [5, 5.41) is 0. The molecule has 1 aromatic rings. The topological polar surface area (TPSA) is 62.4 Å². The van der Waals surface area contributed by atoms with Gasteiger partial charge >= 0.3 is 0 Å². The van der Waals surface area contributed by atoms with Crippen LogP contribution < -0.4 is 5.56 Å². The van der Waals surface area contributed by atoms with E-state index >= 15 is 0 Å². The number of pyridine rings is 1. The van der Waals surface area contributed by atoms with Gasteiger partial charge in [0.05, 0.1) is 12.2 Å². The zero-order chi connectivity index (χ0) is 12.4. The summed E-state index contributed by atoms with van der Waals surface area (Å²) in [6, 6.07) is 2.95. The second-order valence-electron chi connectivity index (χ2n) is 4.41. The quantitative estimate of drug-likeness (QED) is 0.777. The van der Waals surface area contributed by atoms with Gasteiger partial charge in [0.2, 0.25) is 5.56 Å². The van der Waals surface area contributed by atoms with E-state index in [1.165, 1.54) is 12.3 Å². The minimum Gasteiger partial charge on any atom is -0.372 e. The summed E-state index contributed by atoms with van der Waals surface area (Å²) in [4.78, 5) is 27.5. The fourth-order valence-corrected chi connectivity index (χ4v) is 2.10. The Bertz CT molecular complexity index is 459. The molecule has 1 N–H and O–H groups in total. The maximum absolute atomic E-state index is 12.2. The largest absolute Gasteiger partial charge is 0.372 e. The minimum absolute atomic E-state index is 0.0321. The fraction of sp³-hybridized carbons (Fsp3) is 0.500. The Balaban J connectivity index is 2.17. The van der Waals surface area contributed by atoms with Crippen molar-refractivity contribution in [2.24, 2.45) is 0 Å².